The minimum absolute atomic E-state index is 0.0394. The number of urea groups is 1. The largest absolute Gasteiger partial charge is 0.472 e. The third kappa shape index (κ3) is 4.18. The molecule has 1 saturated heterocycles. The Morgan fingerprint density at radius 3 is 2.87 bits per heavy atom. The quantitative estimate of drug-likeness (QED) is 0.946. The standard InChI is InChI=1S/C17H20N4O2/c1-13-4-6-14(7-5-13)20-17(22)21-10-2-3-15(11-21)23-16-8-9-18-12-19-16/h4-9,12,15H,2-3,10-11H2,1H3,(H,20,22). The number of hydrogen-bond donors (Lipinski definition) is 1. The van der Waals surface area contributed by atoms with E-state index in [1.807, 2.05) is 31.2 Å². The first-order valence-electron chi connectivity index (χ1n) is 7.76. The van der Waals surface area contributed by atoms with Gasteiger partial charge in [0.15, 0.2) is 0 Å². The van der Waals surface area contributed by atoms with Gasteiger partial charge in [-0.15, -0.1) is 0 Å². The highest BCUT2D eigenvalue weighted by atomic mass is 16.5. The first-order valence-corrected chi connectivity index (χ1v) is 7.76. The molecular formula is C17H20N4O2. The van der Waals surface area contributed by atoms with Crippen LogP contribution in [0.5, 0.6) is 5.88 Å². The van der Waals surface area contributed by atoms with Crippen LogP contribution < -0.4 is 10.1 Å². The molecule has 0 bridgehead atoms. The van der Waals surface area contributed by atoms with E-state index in [0.717, 1.165) is 25.1 Å². The van der Waals surface area contributed by atoms with Crippen LogP contribution >= 0.6 is 0 Å². The summed E-state index contributed by atoms with van der Waals surface area (Å²) in [7, 11) is 0. The number of benzene rings is 1. The number of anilines is 1. The molecule has 6 heteroatoms. The number of ether oxygens (including phenoxy) is 1. The van der Waals surface area contributed by atoms with Crippen LogP contribution in [0.3, 0.4) is 0 Å². The summed E-state index contributed by atoms with van der Waals surface area (Å²) in [6.45, 7) is 3.31. The van der Waals surface area contributed by atoms with E-state index >= 15 is 0 Å². The lowest BCUT2D eigenvalue weighted by atomic mass is 10.1. The third-order valence-corrected chi connectivity index (χ3v) is 3.81. The van der Waals surface area contributed by atoms with Crippen molar-refractivity contribution in [2.24, 2.45) is 0 Å². The van der Waals surface area contributed by atoms with Gasteiger partial charge in [0.05, 0.1) is 6.54 Å². The van der Waals surface area contributed by atoms with Gasteiger partial charge in [-0.1, -0.05) is 17.7 Å². The molecule has 1 unspecified atom stereocenters. The Labute approximate surface area is 135 Å². The van der Waals surface area contributed by atoms with Gasteiger partial charge in [0.25, 0.3) is 0 Å². The van der Waals surface area contributed by atoms with E-state index in [2.05, 4.69) is 15.3 Å². The Bertz CT molecular complexity index is 645. The van der Waals surface area contributed by atoms with E-state index in [1.165, 1.54) is 11.9 Å². The van der Waals surface area contributed by atoms with Crippen molar-refractivity contribution >= 4 is 11.7 Å². The molecule has 6 nitrogen and oxygen atoms in total. The highest BCUT2D eigenvalue weighted by Gasteiger charge is 2.25. The topological polar surface area (TPSA) is 67.4 Å². The number of rotatable bonds is 3. The van der Waals surface area contributed by atoms with Gasteiger partial charge >= 0.3 is 6.03 Å². The molecule has 1 fully saturated rings. The van der Waals surface area contributed by atoms with Crippen molar-refractivity contribution in [2.75, 3.05) is 18.4 Å². The summed E-state index contributed by atoms with van der Waals surface area (Å²) in [6, 6.07) is 9.41. The van der Waals surface area contributed by atoms with Crippen molar-refractivity contribution in [3.05, 3.63) is 48.4 Å². The van der Waals surface area contributed by atoms with Crippen molar-refractivity contribution < 1.29 is 9.53 Å². The van der Waals surface area contributed by atoms with Gasteiger partial charge in [-0.2, -0.15) is 0 Å². The molecule has 120 valence electrons. The fraction of sp³-hybridized carbons (Fsp3) is 0.353. The molecule has 2 amide bonds. The lowest BCUT2D eigenvalue weighted by Crippen LogP contribution is -2.46. The predicted molar refractivity (Wildman–Crippen MR) is 87.5 cm³/mol. The van der Waals surface area contributed by atoms with E-state index in [-0.39, 0.29) is 12.1 Å². The molecule has 1 aromatic heterocycles. The maximum atomic E-state index is 12.4. The second-order valence-corrected chi connectivity index (χ2v) is 5.67. The Kier molecular flexibility index (Phi) is 4.71. The molecular weight excluding hydrogens is 292 g/mol. The summed E-state index contributed by atoms with van der Waals surface area (Å²) in [6.07, 6.45) is 4.89. The monoisotopic (exact) mass is 312 g/mol. The summed E-state index contributed by atoms with van der Waals surface area (Å²) < 4.78 is 5.83. The number of piperidine rings is 1. The van der Waals surface area contributed by atoms with Crippen LogP contribution in [0.1, 0.15) is 18.4 Å². The van der Waals surface area contributed by atoms with Gasteiger partial charge in [-0.05, 0) is 31.9 Å². The van der Waals surface area contributed by atoms with Gasteiger partial charge < -0.3 is 15.0 Å². The van der Waals surface area contributed by atoms with Crippen LogP contribution in [0, 0.1) is 6.92 Å². The zero-order chi connectivity index (χ0) is 16.1. The summed E-state index contributed by atoms with van der Waals surface area (Å²) >= 11 is 0. The van der Waals surface area contributed by atoms with Crippen LogP contribution in [0.25, 0.3) is 0 Å². The van der Waals surface area contributed by atoms with E-state index < -0.39 is 0 Å². The van der Waals surface area contributed by atoms with E-state index in [4.69, 9.17) is 4.74 Å². The molecule has 23 heavy (non-hydrogen) atoms. The van der Waals surface area contributed by atoms with Crippen molar-refractivity contribution in [1.29, 1.82) is 0 Å². The molecule has 0 saturated carbocycles. The highest BCUT2D eigenvalue weighted by molar-refractivity contribution is 5.89. The van der Waals surface area contributed by atoms with Crippen molar-refractivity contribution in [3.63, 3.8) is 0 Å². The second-order valence-electron chi connectivity index (χ2n) is 5.67. The molecule has 0 spiro atoms. The van der Waals surface area contributed by atoms with Crippen LogP contribution in [-0.4, -0.2) is 40.1 Å². The average molecular weight is 312 g/mol. The maximum Gasteiger partial charge on any atom is 0.321 e. The number of carbonyl (C=O) groups is 1. The Morgan fingerprint density at radius 2 is 2.13 bits per heavy atom. The van der Waals surface area contributed by atoms with Gasteiger partial charge in [0.1, 0.15) is 12.4 Å². The minimum Gasteiger partial charge on any atom is -0.472 e. The average Bonchev–Trinajstić information content (AvgIpc) is 2.58. The SMILES string of the molecule is Cc1ccc(NC(=O)N2CCCC(Oc3ccncn3)C2)cc1. The molecule has 0 aliphatic carbocycles. The number of aromatic nitrogens is 2. The first kappa shape index (κ1) is 15.3. The molecule has 1 aliphatic heterocycles. The van der Waals surface area contributed by atoms with Gasteiger partial charge in [0.2, 0.25) is 5.88 Å². The predicted octanol–water partition coefficient (Wildman–Crippen LogP) is 2.86. The van der Waals surface area contributed by atoms with Crippen LogP contribution in [0.2, 0.25) is 0 Å². The van der Waals surface area contributed by atoms with E-state index in [1.54, 1.807) is 17.2 Å². The molecule has 3 rings (SSSR count). The zero-order valence-electron chi connectivity index (χ0n) is 13.1. The summed E-state index contributed by atoms with van der Waals surface area (Å²) in [4.78, 5) is 22.1. The Balaban J connectivity index is 1.57. The third-order valence-electron chi connectivity index (χ3n) is 3.81. The normalized spacial score (nSPS) is 17.6. The number of nitrogens with zero attached hydrogens (tertiary/aromatic N) is 3. The summed E-state index contributed by atoms with van der Waals surface area (Å²) in [5, 5.41) is 2.93. The van der Waals surface area contributed by atoms with Crippen molar-refractivity contribution in [3.8, 4) is 5.88 Å². The second kappa shape index (κ2) is 7.09. The molecule has 1 aromatic carbocycles. The van der Waals surface area contributed by atoms with E-state index in [0.29, 0.717) is 12.4 Å². The lowest BCUT2D eigenvalue weighted by molar-refractivity contribution is 0.102. The highest BCUT2D eigenvalue weighted by Crippen LogP contribution is 2.17. The minimum atomic E-state index is -0.0927. The maximum absolute atomic E-state index is 12.4. The zero-order valence-corrected chi connectivity index (χ0v) is 13.1. The van der Waals surface area contributed by atoms with E-state index in [9.17, 15) is 4.79 Å². The van der Waals surface area contributed by atoms with Gasteiger partial charge in [-0.3, -0.25) is 0 Å². The van der Waals surface area contributed by atoms with Gasteiger partial charge in [0, 0.05) is 24.5 Å². The molecule has 2 heterocycles. The van der Waals surface area contributed by atoms with Crippen LogP contribution in [0.4, 0.5) is 10.5 Å². The molecule has 2 aromatic rings. The number of aryl methyl sites for hydroxylation is 1. The van der Waals surface area contributed by atoms with Crippen molar-refractivity contribution in [1.82, 2.24) is 14.9 Å². The fourth-order valence-electron chi connectivity index (χ4n) is 2.58. The van der Waals surface area contributed by atoms with Crippen molar-refractivity contribution in [2.45, 2.75) is 25.9 Å². The molecule has 1 atom stereocenters. The smallest absolute Gasteiger partial charge is 0.321 e. The lowest BCUT2D eigenvalue weighted by Gasteiger charge is -2.32. The summed E-state index contributed by atoms with van der Waals surface area (Å²) in [5.74, 6) is 0.547. The molecule has 0 radical (unpaired) electrons. The summed E-state index contributed by atoms with van der Waals surface area (Å²) in [5.41, 5.74) is 1.97. The Morgan fingerprint density at radius 1 is 1.30 bits per heavy atom. The number of amides is 2. The van der Waals surface area contributed by atoms with Crippen LogP contribution in [-0.2, 0) is 0 Å². The fourth-order valence-corrected chi connectivity index (χ4v) is 2.58. The Hall–Kier alpha value is -2.63. The van der Waals surface area contributed by atoms with Gasteiger partial charge in [-0.25, -0.2) is 14.8 Å². The molecule has 1 aliphatic rings. The number of hydrogen-bond acceptors (Lipinski definition) is 4. The first-order chi connectivity index (χ1) is 11.2. The molecule has 1 N–H and O–H groups in total. The van der Waals surface area contributed by atoms with Crippen LogP contribution in [0.15, 0.2) is 42.9 Å². The number of likely N-dealkylation sites (tertiary alicyclic amines) is 1. The number of nitrogens with one attached hydrogen (secondary N) is 1. The number of carbonyl (C=O) groups excluding carboxylic acids is 1.